The van der Waals surface area contributed by atoms with Crippen LogP contribution in [0, 0.1) is 29.3 Å². The number of esters is 1. The van der Waals surface area contributed by atoms with Crippen LogP contribution in [-0.4, -0.2) is 20.9 Å². The molecule has 1 aliphatic heterocycles. The van der Waals surface area contributed by atoms with Gasteiger partial charge in [0.25, 0.3) is 0 Å². The number of hydrogen-bond donors (Lipinski definition) is 0. The minimum absolute atomic E-state index is 0.212. The highest BCUT2D eigenvalue weighted by Gasteiger charge is 2.32. The van der Waals surface area contributed by atoms with Gasteiger partial charge in [0, 0.05) is 8.80 Å². The van der Waals surface area contributed by atoms with Crippen LogP contribution < -0.4 is 0 Å². The number of benzene rings is 1. The Labute approximate surface area is 161 Å². The summed E-state index contributed by atoms with van der Waals surface area (Å²) in [7, 11) is -0.455. The number of hydrogen-bond acceptors (Lipinski definition) is 2. The first-order valence-electron chi connectivity index (χ1n) is 10.3. The number of halogens is 3. The molecule has 27 heavy (non-hydrogen) atoms. The number of carbonyl (C=O) groups excluding carboxylic acids is 1. The second-order valence-corrected chi connectivity index (χ2v) is 11.7. The Morgan fingerprint density at radius 2 is 1.56 bits per heavy atom. The summed E-state index contributed by atoms with van der Waals surface area (Å²) in [5.41, 5.74) is -0.271. The van der Waals surface area contributed by atoms with Crippen LogP contribution in [-0.2, 0) is 4.74 Å². The summed E-state index contributed by atoms with van der Waals surface area (Å²) in [5.74, 6) is -3.54. The van der Waals surface area contributed by atoms with Crippen LogP contribution in [0.15, 0.2) is 12.1 Å². The van der Waals surface area contributed by atoms with Gasteiger partial charge >= 0.3 is 5.97 Å². The summed E-state index contributed by atoms with van der Waals surface area (Å²) >= 11 is 0. The van der Waals surface area contributed by atoms with Crippen LogP contribution in [0.25, 0.3) is 0 Å². The Morgan fingerprint density at radius 1 is 1.00 bits per heavy atom. The van der Waals surface area contributed by atoms with E-state index in [-0.39, 0.29) is 11.7 Å². The van der Waals surface area contributed by atoms with Crippen molar-refractivity contribution < 1.29 is 22.7 Å². The van der Waals surface area contributed by atoms with Crippen LogP contribution in [0.3, 0.4) is 0 Å². The minimum atomic E-state index is -1.57. The number of ether oxygens (including phenoxy) is 1. The van der Waals surface area contributed by atoms with Gasteiger partial charge in [-0.2, -0.15) is 0 Å². The topological polar surface area (TPSA) is 26.3 Å². The van der Waals surface area contributed by atoms with E-state index in [1.807, 2.05) is 0 Å². The van der Waals surface area contributed by atoms with Gasteiger partial charge in [-0.25, -0.2) is 18.0 Å². The fourth-order valence-corrected chi connectivity index (χ4v) is 8.41. The van der Waals surface area contributed by atoms with Crippen molar-refractivity contribution in [3.05, 3.63) is 35.1 Å². The smallest absolute Gasteiger partial charge is 0.338 e. The Balaban J connectivity index is 1.46. The Hall–Kier alpha value is -1.30. The number of carbonyl (C=O) groups is 1. The summed E-state index contributed by atoms with van der Waals surface area (Å²) < 4.78 is 45.0. The van der Waals surface area contributed by atoms with Crippen molar-refractivity contribution in [1.82, 2.24) is 0 Å². The molecule has 1 heterocycles. The van der Waals surface area contributed by atoms with E-state index in [0.717, 1.165) is 37.5 Å². The van der Waals surface area contributed by atoms with E-state index in [4.69, 9.17) is 4.74 Å². The maximum Gasteiger partial charge on any atom is 0.338 e. The van der Waals surface area contributed by atoms with E-state index < -0.39 is 32.2 Å². The van der Waals surface area contributed by atoms with Crippen molar-refractivity contribution in [1.29, 1.82) is 0 Å². The van der Waals surface area contributed by atoms with Gasteiger partial charge < -0.3 is 4.74 Å². The first-order chi connectivity index (χ1) is 13.0. The highest BCUT2D eigenvalue weighted by Crippen LogP contribution is 2.40. The third-order valence-electron chi connectivity index (χ3n) is 6.47. The largest absolute Gasteiger partial charge is 0.459 e. The molecule has 0 spiro atoms. The lowest BCUT2D eigenvalue weighted by molar-refractivity contribution is 0.0126. The zero-order valence-corrected chi connectivity index (χ0v) is 17.1. The third kappa shape index (κ3) is 5.15. The van der Waals surface area contributed by atoms with Crippen molar-refractivity contribution in [2.75, 3.05) is 0 Å². The normalized spacial score (nSPS) is 28.7. The molecule has 0 bridgehead atoms. The zero-order chi connectivity index (χ0) is 19.4. The summed E-state index contributed by atoms with van der Waals surface area (Å²) in [6.07, 6.45) is 7.57. The fraction of sp³-hybridized carbons (Fsp3) is 0.667. The highest BCUT2D eigenvalue weighted by molar-refractivity contribution is 6.58. The molecule has 1 aromatic rings. The second kappa shape index (κ2) is 9.26. The van der Waals surface area contributed by atoms with Gasteiger partial charge in [0.15, 0.2) is 17.5 Å². The van der Waals surface area contributed by atoms with Crippen LogP contribution >= 0.6 is 0 Å². The molecule has 6 heteroatoms. The lowest BCUT2D eigenvalue weighted by atomic mass is 9.76. The maximum atomic E-state index is 13.3. The van der Waals surface area contributed by atoms with Crippen LogP contribution in [0.1, 0.15) is 62.2 Å². The molecular formula is C21H29F3O2Si. The van der Waals surface area contributed by atoms with E-state index in [1.165, 1.54) is 37.4 Å². The predicted molar refractivity (Wildman–Crippen MR) is 102 cm³/mol. The second-order valence-electron chi connectivity index (χ2n) is 8.27. The molecule has 0 atom stereocenters. The van der Waals surface area contributed by atoms with Crippen molar-refractivity contribution in [3.63, 3.8) is 0 Å². The predicted octanol–water partition coefficient (Wildman–Crippen LogP) is 5.87. The summed E-state index contributed by atoms with van der Waals surface area (Å²) in [5, 5.41) is 0. The van der Waals surface area contributed by atoms with Gasteiger partial charge in [-0.1, -0.05) is 44.3 Å². The lowest BCUT2D eigenvalue weighted by Crippen LogP contribution is -2.31. The third-order valence-corrected chi connectivity index (χ3v) is 10.2. The van der Waals surface area contributed by atoms with Gasteiger partial charge in [0.2, 0.25) is 0 Å². The van der Waals surface area contributed by atoms with E-state index >= 15 is 0 Å². The molecule has 2 aliphatic rings. The van der Waals surface area contributed by atoms with E-state index in [0.29, 0.717) is 12.1 Å². The highest BCUT2D eigenvalue weighted by atomic mass is 28.3. The fourth-order valence-electron chi connectivity index (χ4n) is 4.93. The molecule has 2 nitrogen and oxygen atoms in total. The van der Waals surface area contributed by atoms with Gasteiger partial charge in [-0.3, -0.25) is 0 Å². The Bertz CT molecular complexity index is 628. The van der Waals surface area contributed by atoms with E-state index in [1.54, 1.807) is 0 Å². The molecule has 3 rings (SSSR count). The van der Waals surface area contributed by atoms with Crippen molar-refractivity contribution in [3.8, 4) is 0 Å². The quantitative estimate of drug-likeness (QED) is 0.352. The molecule has 0 amide bonds. The zero-order valence-electron chi connectivity index (χ0n) is 16.0. The maximum absolute atomic E-state index is 13.3. The van der Waals surface area contributed by atoms with Crippen molar-refractivity contribution >= 4 is 14.8 Å². The molecule has 0 unspecified atom stereocenters. The molecule has 1 saturated carbocycles. The molecule has 2 fully saturated rings. The molecule has 0 N–H and O–H groups in total. The first kappa shape index (κ1) is 20.4. The van der Waals surface area contributed by atoms with Crippen molar-refractivity contribution in [2.45, 2.75) is 76.1 Å². The molecule has 1 saturated heterocycles. The molecule has 0 aromatic heterocycles. The van der Waals surface area contributed by atoms with Gasteiger partial charge in [-0.15, -0.1) is 0 Å². The average molecular weight is 399 g/mol. The van der Waals surface area contributed by atoms with Crippen LogP contribution in [0.2, 0.25) is 18.1 Å². The van der Waals surface area contributed by atoms with Gasteiger partial charge in [0.1, 0.15) is 6.10 Å². The van der Waals surface area contributed by atoms with Gasteiger partial charge in [0.05, 0.1) is 5.56 Å². The summed E-state index contributed by atoms with van der Waals surface area (Å²) in [4.78, 5) is 12.1. The molecule has 1 aliphatic carbocycles. The van der Waals surface area contributed by atoms with Crippen LogP contribution in [0.5, 0.6) is 0 Å². The molecule has 1 aromatic carbocycles. The minimum Gasteiger partial charge on any atom is -0.459 e. The Morgan fingerprint density at radius 3 is 2.11 bits per heavy atom. The van der Waals surface area contributed by atoms with E-state index in [9.17, 15) is 18.0 Å². The van der Waals surface area contributed by atoms with Gasteiger partial charge in [-0.05, 0) is 49.7 Å². The first-order valence-corrected chi connectivity index (χ1v) is 12.8. The standard InChI is InChI=1S/C21H29F3O2Si/c1-2-9-27-10-7-15(8-11-27)14-3-5-17(6-4-14)26-21(25)16-12-18(22)20(24)19(23)13-16/h12-15,17,27H,2-11H2,1H3/t14-,15?,17-,27?. The summed E-state index contributed by atoms with van der Waals surface area (Å²) in [6, 6.07) is 5.85. The molecular weight excluding hydrogens is 369 g/mol. The lowest BCUT2D eigenvalue weighted by Gasteiger charge is -2.37. The SMILES string of the molecule is CCC[SiH]1CCC([C@H]2CC[C@H](OC(=O)c3cc(F)c(F)c(F)c3)CC2)CC1. The Kier molecular flexibility index (Phi) is 7.01. The van der Waals surface area contributed by atoms with Crippen molar-refractivity contribution in [2.24, 2.45) is 11.8 Å². The van der Waals surface area contributed by atoms with E-state index in [2.05, 4.69) is 6.92 Å². The monoisotopic (exact) mass is 398 g/mol. The average Bonchev–Trinajstić information content (AvgIpc) is 2.67. The number of rotatable bonds is 5. The van der Waals surface area contributed by atoms with Crippen LogP contribution in [0.4, 0.5) is 13.2 Å². The molecule has 150 valence electrons. The molecule has 0 radical (unpaired) electrons. The summed E-state index contributed by atoms with van der Waals surface area (Å²) in [6.45, 7) is 2.29.